The second kappa shape index (κ2) is 8.11. The Bertz CT molecular complexity index is 675. The topological polar surface area (TPSA) is 57.3 Å². The molecule has 2 N–H and O–H groups in total. The molecule has 5 heteroatoms. The normalized spacial score (nSPS) is 16.2. The summed E-state index contributed by atoms with van der Waals surface area (Å²) in [5, 5.41) is 7.21. The Kier molecular flexibility index (Phi) is 5.64. The minimum atomic E-state index is -0.0573. The molecule has 0 bridgehead atoms. The van der Waals surface area contributed by atoms with Crippen LogP contribution in [-0.2, 0) is 6.42 Å². The first-order valence-corrected chi connectivity index (χ1v) is 8.85. The summed E-state index contributed by atoms with van der Waals surface area (Å²) in [5.41, 5.74) is 2.19. The molecule has 128 valence electrons. The van der Waals surface area contributed by atoms with Crippen LogP contribution in [-0.4, -0.2) is 48.1 Å². The van der Waals surface area contributed by atoms with E-state index in [2.05, 4.69) is 45.6 Å². The van der Waals surface area contributed by atoms with Crippen molar-refractivity contribution in [1.82, 2.24) is 20.5 Å². The second-order valence-corrected chi connectivity index (χ2v) is 6.35. The SMILES string of the molecule is CCN1CCC(NC(=O)NCCc2cccc3cccnc23)CC1. The zero-order chi connectivity index (χ0) is 16.8. The Hall–Kier alpha value is -2.14. The highest BCUT2D eigenvalue weighted by atomic mass is 16.2. The van der Waals surface area contributed by atoms with Crippen LogP contribution in [0.3, 0.4) is 0 Å². The Morgan fingerprint density at radius 3 is 2.83 bits per heavy atom. The molecular weight excluding hydrogens is 300 g/mol. The molecule has 1 aliphatic heterocycles. The molecule has 1 saturated heterocycles. The number of amides is 2. The third kappa shape index (κ3) is 4.23. The zero-order valence-corrected chi connectivity index (χ0v) is 14.3. The maximum Gasteiger partial charge on any atom is 0.315 e. The molecular formula is C19H26N4O. The molecule has 5 nitrogen and oxygen atoms in total. The highest BCUT2D eigenvalue weighted by Crippen LogP contribution is 2.16. The van der Waals surface area contributed by atoms with Gasteiger partial charge in [-0.15, -0.1) is 0 Å². The van der Waals surface area contributed by atoms with E-state index in [-0.39, 0.29) is 6.03 Å². The van der Waals surface area contributed by atoms with Gasteiger partial charge < -0.3 is 15.5 Å². The van der Waals surface area contributed by atoms with Gasteiger partial charge in [-0.25, -0.2) is 4.79 Å². The first kappa shape index (κ1) is 16.7. The van der Waals surface area contributed by atoms with Crippen LogP contribution in [0.4, 0.5) is 4.79 Å². The van der Waals surface area contributed by atoms with Gasteiger partial charge in [0.2, 0.25) is 0 Å². The highest BCUT2D eigenvalue weighted by molar-refractivity contribution is 5.81. The lowest BCUT2D eigenvalue weighted by molar-refractivity contribution is 0.198. The number of para-hydroxylation sites is 1. The number of benzene rings is 1. The number of fused-ring (bicyclic) bond motifs is 1. The summed E-state index contributed by atoms with van der Waals surface area (Å²) >= 11 is 0. The van der Waals surface area contributed by atoms with E-state index < -0.39 is 0 Å². The number of hydrogen-bond donors (Lipinski definition) is 2. The Morgan fingerprint density at radius 2 is 2.04 bits per heavy atom. The number of pyridine rings is 1. The number of piperidine rings is 1. The van der Waals surface area contributed by atoms with Crippen LogP contribution < -0.4 is 10.6 Å². The minimum Gasteiger partial charge on any atom is -0.338 e. The molecule has 0 aliphatic carbocycles. The van der Waals surface area contributed by atoms with E-state index in [0.717, 1.165) is 49.8 Å². The van der Waals surface area contributed by atoms with E-state index in [1.165, 1.54) is 5.56 Å². The molecule has 1 aromatic carbocycles. The van der Waals surface area contributed by atoms with Gasteiger partial charge in [0.15, 0.2) is 0 Å². The van der Waals surface area contributed by atoms with Gasteiger partial charge in [-0.2, -0.15) is 0 Å². The maximum absolute atomic E-state index is 12.1. The zero-order valence-electron chi connectivity index (χ0n) is 14.3. The van der Waals surface area contributed by atoms with E-state index >= 15 is 0 Å². The lowest BCUT2D eigenvalue weighted by Crippen LogP contribution is -2.48. The molecule has 0 unspecified atom stereocenters. The maximum atomic E-state index is 12.1. The van der Waals surface area contributed by atoms with Gasteiger partial charge in [0.25, 0.3) is 0 Å². The van der Waals surface area contributed by atoms with Crippen LogP contribution in [0.25, 0.3) is 10.9 Å². The van der Waals surface area contributed by atoms with Crippen molar-refractivity contribution >= 4 is 16.9 Å². The summed E-state index contributed by atoms with van der Waals surface area (Å²) < 4.78 is 0. The van der Waals surface area contributed by atoms with Crippen molar-refractivity contribution in [2.75, 3.05) is 26.2 Å². The summed E-state index contributed by atoms with van der Waals surface area (Å²) in [6, 6.07) is 10.4. The monoisotopic (exact) mass is 326 g/mol. The van der Waals surface area contributed by atoms with Crippen molar-refractivity contribution in [1.29, 1.82) is 0 Å². The van der Waals surface area contributed by atoms with E-state index in [1.807, 2.05) is 18.3 Å². The van der Waals surface area contributed by atoms with Crippen molar-refractivity contribution in [2.24, 2.45) is 0 Å². The summed E-state index contributed by atoms with van der Waals surface area (Å²) in [7, 11) is 0. The molecule has 0 atom stereocenters. The van der Waals surface area contributed by atoms with Crippen molar-refractivity contribution in [2.45, 2.75) is 32.2 Å². The summed E-state index contributed by atoms with van der Waals surface area (Å²) in [6.45, 7) is 6.04. The van der Waals surface area contributed by atoms with E-state index in [1.54, 1.807) is 0 Å². The number of aromatic nitrogens is 1. The molecule has 0 radical (unpaired) electrons. The molecule has 3 rings (SSSR count). The average molecular weight is 326 g/mol. The first-order chi connectivity index (χ1) is 11.8. The predicted octanol–water partition coefficient (Wildman–Crippen LogP) is 2.56. The molecule has 1 aliphatic rings. The van der Waals surface area contributed by atoms with Crippen LogP contribution in [0, 0.1) is 0 Å². The van der Waals surface area contributed by atoms with Gasteiger partial charge in [-0.05, 0) is 37.4 Å². The third-order valence-corrected chi connectivity index (χ3v) is 4.77. The molecule has 1 fully saturated rings. The van der Waals surface area contributed by atoms with Crippen LogP contribution in [0.2, 0.25) is 0 Å². The van der Waals surface area contributed by atoms with E-state index in [0.29, 0.717) is 12.6 Å². The number of carbonyl (C=O) groups excluding carboxylic acids is 1. The van der Waals surface area contributed by atoms with Crippen molar-refractivity contribution in [3.8, 4) is 0 Å². The Balaban J connectivity index is 1.45. The third-order valence-electron chi connectivity index (χ3n) is 4.77. The predicted molar refractivity (Wildman–Crippen MR) is 97.1 cm³/mol. The van der Waals surface area contributed by atoms with Gasteiger partial charge in [-0.3, -0.25) is 4.98 Å². The molecule has 0 spiro atoms. The Morgan fingerprint density at radius 1 is 1.25 bits per heavy atom. The van der Waals surface area contributed by atoms with Crippen molar-refractivity contribution in [3.63, 3.8) is 0 Å². The fraction of sp³-hybridized carbons (Fsp3) is 0.474. The average Bonchev–Trinajstić information content (AvgIpc) is 2.62. The van der Waals surface area contributed by atoms with Crippen LogP contribution in [0.5, 0.6) is 0 Å². The molecule has 0 saturated carbocycles. The standard InChI is InChI=1S/C19H26N4O/c1-2-23-13-9-17(10-14-23)22-19(24)21-12-8-16-6-3-5-15-7-4-11-20-18(15)16/h3-7,11,17H,2,8-10,12-14H2,1H3,(H2,21,22,24). The number of nitrogens with one attached hydrogen (secondary N) is 2. The number of nitrogens with zero attached hydrogens (tertiary/aromatic N) is 2. The highest BCUT2D eigenvalue weighted by Gasteiger charge is 2.19. The summed E-state index contributed by atoms with van der Waals surface area (Å²) in [5.74, 6) is 0. The molecule has 1 aromatic heterocycles. The largest absolute Gasteiger partial charge is 0.338 e. The quantitative estimate of drug-likeness (QED) is 0.888. The summed E-state index contributed by atoms with van der Waals surface area (Å²) in [4.78, 5) is 18.9. The van der Waals surface area contributed by atoms with Crippen LogP contribution in [0.1, 0.15) is 25.3 Å². The number of likely N-dealkylation sites (tertiary alicyclic amines) is 1. The number of rotatable bonds is 5. The first-order valence-electron chi connectivity index (χ1n) is 8.85. The number of carbonyl (C=O) groups is 1. The Labute approximate surface area is 143 Å². The number of hydrogen-bond acceptors (Lipinski definition) is 3. The van der Waals surface area contributed by atoms with Gasteiger partial charge in [0.05, 0.1) is 5.52 Å². The van der Waals surface area contributed by atoms with E-state index in [4.69, 9.17) is 0 Å². The smallest absolute Gasteiger partial charge is 0.315 e. The minimum absolute atomic E-state index is 0.0573. The lowest BCUT2D eigenvalue weighted by atomic mass is 10.1. The van der Waals surface area contributed by atoms with Crippen molar-refractivity contribution in [3.05, 3.63) is 42.1 Å². The number of urea groups is 1. The fourth-order valence-electron chi connectivity index (χ4n) is 3.31. The van der Waals surface area contributed by atoms with Crippen LogP contribution >= 0.6 is 0 Å². The fourth-order valence-corrected chi connectivity index (χ4v) is 3.31. The second-order valence-electron chi connectivity index (χ2n) is 6.35. The van der Waals surface area contributed by atoms with Gasteiger partial charge in [0.1, 0.15) is 0 Å². The molecule has 24 heavy (non-hydrogen) atoms. The van der Waals surface area contributed by atoms with Crippen LogP contribution in [0.15, 0.2) is 36.5 Å². The lowest BCUT2D eigenvalue weighted by Gasteiger charge is -2.31. The van der Waals surface area contributed by atoms with Gasteiger partial charge in [-0.1, -0.05) is 31.2 Å². The summed E-state index contributed by atoms with van der Waals surface area (Å²) in [6.07, 6.45) is 4.67. The van der Waals surface area contributed by atoms with Crippen molar-refractivity contribution < 1.29 is 4.79 Å². The van der Waals surface area contributed by atoms with Gasteiger partial charge in [0, 0.05) is 37.3 Å². The van der Waals surface area contributed by atoms with Gasteiger partial charge >= 0.3 is 6.03 Å². The van der Waals surface area contributed by atoms with E-state index in [9.17, 15) is 4.79 Å². The molecule has 2 aromatic rings. The molecule has 2 amide bonds. The molecule has 2 heterocycles.